The molecule has 2 aromatic heterocycles. The van der Waals surface area contributed by atoms with Crippen molar-refractivity contribution in [3.8, 4) is 0 Å². The molecule has 2 aromatic carbocycles. The van der Waals surface area contributed by atoms with Gasteiger partial charge in [-0.3, -0.25) is 0 Å². The molecule has 4 aromatic rings. The topological polar surface area (TPSA) is 104 Å². The van der Waals surface area contributed by atoms with Gasteiger partial charge in [-0.1, -0.05) is 41.7 Å². The molecule has 0 bridgehead atoms. The molecular formula is C24H24N4O3S2. The average Bonchev–Trinajstić information content (AvgIpc) is 3.23. The molecule has 3 N–H and O–H groups in total. The van der Waals surface area contributed by atoms with Crippen molar-refractivity contribution in [1.82, 2.24) is 9.97 Å². The lowest BCUT2D eigenvalue weighted by Crippen LogP contribution is -2.28. The summed E-state index contributed by atoms with van der Waals surface area (Å²) in [6.45, 7) is 0. The highest BCUT2D eigenvalue weighted by Crippen LogP contribution is 2.31. The Morgan fingerprint density at radius 3 is 2.30 bits per heavy atom. The molecule has 0 aliphatic heterocycles. The fourth-order valence-corrected chi connectivity index (χ4v) is 6.19. The Hall–Kier alpha value is -3.01. The number of benzene rings is 2. The smallest absolute Gasteiger partial charge is 0.206 e. The van der Waals surface area contributed by atoms with Gasteiger partial charge in [-0.05, 0) is 56.0 Å². The number of pyridine rings is 1. The summed E-state index contributed by atoms with van der Waals surface area (Å²) in [6.07, 6.45) is 2.78. The zero-order chi connectivity index (χ0) is 22.8. The fraction of sp³-hybridized carbons (Fsp3) is 0.250. The molecule has 33 heavy (non-hydrogen) atoms. The number of para-hydroxylation sites is 1. The van der Waals surface area contributed by atoms with Crippen LogP contribution in [0.4, 0.5) is 16.8 Å². The Morgan fingerprint density at radius 2 is 1.55 bits per heavy atom. The van der Waals surface area contributed by atoms with Crippen LogP contribution in [-0.4, -0.2) is 35.6 Å². The SMILES string of the molecule is O=S(=O)(c1ccccc1)c1cc(Nc2nc3ccccc3s2)nc(N[C@H]2CC[C@H](O)CC2)c1. The molecule has 0 unspecified atom stereocenters. The van der Waals surface area contributed by atoms with Crippen molar-refractivity contribution in [2.24, 2.45) is 0 Å². The highest BCUT2D eigenvalue weighted by molar-refractivity contribution is 7.91. The number of anilines is 3. The summed E-state index contributed by atoms with van der Waals surface area (Å²) in [4.78, 5) is 9.61. The van der Waals surface area contributed by atoms with Gasteiger partial charge in [-0.15, -0.1) is 0 Å². The Balaban J connectivity index is 1.50. The fourth-order valence-electron chi connectivity index (χ4n) is 4.00. The molecule has 7 nitrogen and oxygen atoms in total. The molecule has 1 aliphatic carbocycles. The monoisotopic (exact) mass is 480 g/mol. The van der Waals surface area contributed by atoms with E-state index in [4.69, 9.17) is 0 Å². The van der Waals surface area contributed by atoms with Crippen molar-refractivity contribution < 1.29 is 13.5 Å². The van der Waals surface area contributed by atoms with E-state index in [1.807, 2.05) is 24.3 Å². The van der Waals surface area contributed by atoms with E-state index in [9.17, 15) is 13.5 Å². The van der Waals surface area contributed by atoms with Crippen molar-refractivity contribution in [2.45, 2.75) is 47.6 Å². The van der Waals surface area contributed by atoms with Crippen LogP contribution in [0.25, 0.3) is 10.2 Å². The highest BCUT2D eigenvalue weighted by atomic mass is 32.2. The first-order valence-electron chi connectivity index (χ1n) is 10.9. The van der Waals surface area contributed by atoms with E-state index in [0.29, 0.717) is 16.8 Å². The van der Waals surface area contributed by atoms with E-state index < -0.39 is 9.84 Å². The minimum absolute atomic E-state index is 0.130. The van der Waals surface area contributed by atoms with E-state index in [1.165, 1.54) is 11.3 Å². The number of fused-ring (bicyclic) bond motifs is 1. The van der Waals surface area contributed by atoms with Crippen LogP contribution in [0.3, 0.4) is 0 Å². The van der Waals surface area contributed by atoms with Gasteiger partial charge in [0, 0.05) is 12.1 Å². The second-order valence-electron chi connectivity index (χ2n) is 8.15. The highest BCUT2D eigenvalue weighted by Gasteiger charge is 2.23. The Morgan fingerprint density at radius 1 is 0.848 bits per heavy atom. The predicted molar refractivity (Wildman–Crippen MR) is 131 cm³/mol. The Labute approximate surface area is 196 Å². The van der Waals surface area contributed by atoms with Gasteiger partial charge in [-0.25, -0.2) is 18.4 Å². The van der Waals surface area contributed by atoms with E-state index in [2.05, 4.69) is 20.6 Å². The first-order chi connectivity index (χ1) is 16.0. The summed E-state index contributed by atoms with van der Waals surface area (Å²) in [6, 6.07) is 19.5. The largest absolute Gasteiger partial charge is 0.393 e. The van der Waals surface area contributed by atoms with Gasteiger partial charge in [0.25, 0.3) is 0 Å². The maximum Gasteiger partial charge on any atom is 0.206 e. The maximum atomic E-state index is 13.3. The molecule has 1 aliphatic rings. The molecule has 0 radical (unpaired) electrons. The number of hydrogen-bond donors (Lipinski definition) is 3. The minimum Gasteiger partial charge on any atom is -0.393 e. The summed E-state index contributed by atoms with van der Waals surface area (Å²) in [5.41, 5.74) is 0.872. The lowest BCUT2D eigenvalue weighted by Gasteiger charge is -2.26. The van der Waals surface area contributed by atoms with Crippen LogP contribution in [0.15, 0.2) is 76.5 Å². The molecule has 0 atom stereocenters. The summed E-state index contributed by atoms with van der Waals surface area (Å²) in [7, 11) is -3.73. The third-order valence-corrected chi connectivity index (χ3v) is 8.44. The standard InChI is InChI=1S/C24H24N4O3S2/c29-17-12-10-16(11-13-17)25-22-14-19(33(30,31)18-6-2-1-3-7-18)15-23(27-22)28-24-26-20-8-4-5-9-21(20)32-24/h1-9,14-17,29H,10-13H2,(H2,25,26,27,28)/t16-,17-. The first-order valence-corrected chi connectivity index (χ1v) is 13.2. The molecule has 5 rings (SSSR count). The van der Waals surface area contributed by atoms with Gasteiger partial charge in [0.2, 0.25) is 9.84 Å². The van der Waals surface area contributed by atoms with Gasteiger partial charge >= 0.3 is 0 Å². The number of aliphatic hydroxyl groups excluding tert-OH is 1. The van der Waals surface area contributed by atoms with Crippen LogP contribution >= 0.6 is 11.3 Å². The molecule has 0 saturated heterocycles. The second kappa shape index (κ2) is 9.09. The van der Waals surface area contributed by atoms with E-state index in [1.54, 1.807) is 42.5 Å². The number of hydrogen-bond acceptors (Lipinski definition) is 8. The minimum atomic E-state index is -3.73. The van der Waals surface area contributed by atoms with Crippen molar-refractivity contribution >= 4 is 48.2 Å². The third-order valence-electron chi connectivity index (χ3n) is 5.74. The van der Waals surface area contributed by atoms with E-state index in [-0.39, 0.29) is 21.9 Å². The van der Waals surface area contributed by atoms with Crippen molar-refractivity contribution in [1.29, 1.82) is 0 Å². The van der Waals surface area contributed by atoms with E-state index >= 15 is 0 Å². The first kappa shape index (κ1) is 21.8. The van der Waals surface area contributed by atoms with Crippen LogP contribution in [-0.2, 0) is 9.84 Å². The van der Waals surface area contributed by atoms with Crippen molar-refractivity contribution in [3.63, 3.8) is 0 Å². The lowest BCUT2D eigenvalue weighted by atomic mass is 9.93. The molecular weight excluding hydrogens is 456 g/mol. The lowest BCUT2D eigenvalue weighted by molar-refractivity contribution is 0.126. The van der Waals surface area contributed by atoms with Crippen molar-refractivity contribution in [3.05, 3.63) is 66.7 Å². The van der Waals surface area contributed by atoms with Crippen LogP contribution < -0.4 is 10.6 Å². The molecule has 2 heterocycles. The summed E-state index contributed by atoms with van der Waals surface area (Å²) >= 11 is 1.48. The summed E-state index contributed by atoms with van der Waals surface area (Å²) in [5, 5.41) is 17.0. The Kier molecular flexibility index (Phi) is 6.01. The number of sulfone groups is 1. The van der Waals surface area contributed by atoms with Crippen molar-refractivity contribution in [2.75, 3.05) is 10.6 Å². The summed E-state index contributed by atoms with van der Waals surface area (Å²) < 4.78 is 27.7. The van der Waals surface area contributed by atoms with Crippen LogP contribution in [0, 0.1) is 0 Å². The van der Waals surface area contributed by atoms with Crippen LogP contribution in [0.1, 0.15) is 25.7 Å². The van der Waals surface area contributed by atoms with Gasteiger partial charge in [0.05, 0.1) is 26.1 Å². The molecule has 0 spiro atoms. The molecule has 170 valence electrons. The zero-order valence-electron chi connectivity index (χ0n) is 17.8. The van der Waals surface area contributed by atoms with Gasteiger partial charge < -0.3 is 15.7 Å². The normalized spacial score (nSPS) is 18.8. The summed E-state index contributed by atoms with van der Waals surface area (Å²) in [5.74, 6) is 0.890. The quantitative estimate of drug-likeness (QED) is 0.357. The maximum absolute atomic E-state index is 13.3. The number of rotatable bonds is 6. The molecule has 9 heteroatoms. The van der Waals surface area contributed by atoms with Gasteiger partial charge in [0.1, 0.15) is 11.6 Å². The molecule has 1 fully saturated rings. The second-order valence-corrected chi connectivity index (χ2v) is 11.1. The molecule has 1 saturated carbocycles. The van der Waals surface area contributed by atoms with Crippen LogP contribution in [0.5, 0.6) is 0 Å². The van der Waals surface area contributed by atoms with Crippen LogP contribution in [0.2, 0.25) is 0 Å². The van der Waals surface area contributed by atoms with E-state index in [0.717, 1.165) is 35.9 Å². The third kappa shape index (κ3) is 4.85. The number of nitrogens with one attached hydrogen (secondary N) is 2. The van der Waals surface area contributed by atoms with Gasteiger partial charge in [-0.2, -0.15) is 0 Å². The zero-order valence-corrected chi connectivity index (χ0v) is 19.4. The number of aliphatic hydroxyl groups is 1. The predicted octanol–water partition coefficient (Wildman–Crippen LogP) is 4.98. The number of aromatic nitrogens is 2. The molecule has 0 amide bonds. The Bertz CT molecular complexity index is 1330. The number of nitrogens with zero attached hydrogens (tertiary/aromatic N) is 2. The number of thiazole rings is 1. The average molecular weight is 481 g/mol. The van der Waals surface area contributed by atoms with Gasteiger partial charge in [0.15, 0.2) is 5.13 Å².